The van der Waals surface area contributed by atoms with Crippen molar-refractivity contribution < 1.29 is 5.11 Å². The first kappa shape index (κ1) is 25.1. The Hall–Kier alpha value is -3.58. The highest BCUT2D eigenvalue weighted by molar-refractivity contribution is 6.31. The van der Waals surface area contributed by atoms with E-state index in [2.05, 4.69) is 11.7 Å². The molecule has 1 aliphatic heterocycles. The van der Waals surface area contributed by atoms with Gasteiger partial charge >= 0.3 is 0 Å². The third kappa shape index (κ3) is 4.21. The fraction of sp³-hybridized carbons (Fsp3) is 0.172. The van der Waals surface area contributed by atoms with Gasteiger partial charge in [-0.25, -0.2) is 0 Å². The second-order valence-electron chi connectivity index (χ2n) is 9.16. The third-order valence-corrected chi connectivity index (χ3v) is 7.47. The van der Waals surface area contributed by atoms with Crippen molar-refractivity contribution in [2.75, 3.05) is 7.05 Å². The van der Waals surface area contributed by atoms with Crippen LogP contribution in [0, 0.1) is 0 Å². The van der Waals surface area contributed by atoms with Crippen LogP contribution in [-0.2, 0) is 18.6 Å². The van der Waals surface area contributed by atoms with E-state index in [1.54, 1.807) is 52.9 Å². The van der Waals surface area contributed by atoms with E-state index in [1.165, 1.54) is 6.20 Å². The summed E-state index contributed by atoms with van der Waals surface area (Å²) < 4.78 is 1.81. The SMILES string of the molecule is C=CN(C)/C(=N\N)C(O)(c1ccc(Cl)cc1)c1cc2c3c(c1)c(-c1cccc(Cl)c1)cc(=O)n3CCC2. The van der Waals surface area contributed by atoms with Gasteiger partial charge < -0.3 is 20.4 Å². The van der Waals surface area contributed by atoms with Crippen LogP contribution in [-0.4, -0.2) is 27.5 Å². The quantitative estimate of drug-likeness (QED) is 0.154. The molecule has 8 heteroatoms. The number of aromatic nitrogens is 1. The van der Waals surface area contributed by atoms with Gasteiger partial charge in [0, 0.05) is 35.1 Å². The van der Waals surface area contributed by atoms with Crippen LogP contribution < -0.4 is 11.4 Å². The van der Waals surface area contributed by atoms with Crippen molar-refractivity contribution in [1.82, 2.24) is 9.47 Å². The second-order valence-corrected chi connectivity index (χ2v) is 10.0. The summed E-state index contributed by atoms with van der Waals surface area (Å²) in [6.07, 6.45) is 3.10. The lowest BCUT2D eigenvalue weighted by Crippen LogP contribution is -2.45. The maximum absolute atomic E-state index is 13.2. The maximum Gasteiger partial charge on any atom is 0.251 e. The minimum Gasteiger partial charge on any atom is -0.373 e. The lowest BCUT2D eigenvalue weighted by molar-refractivity contribution is 0.144. The van der Waals surface area contributed by atoms with Crippen LogP contribution in [0.5, 0.6) is 0 Å². The van der Waals surface area contributed by atoms with Crippen LogP contribution in [0.15, 0.2) is 89.4 Å². The van der Waals surface area contributed by atoms with Crippen molar-refractivity contribution in [2.45, 2.75) is 25.0 Å². The van der Waals surface area contributed by atoms with Gasteiger partial charge in [-0.3, -0.25) is 4.79 Å². The molecule has 37 heavy (non-hydrogen) atoms. The number of benzene rings is 3. The number of aliphatic hydroxyl groups is 1. The van der Waals surface area contributed by atoms with E-state index < -0.39 is 5.60 Å². The number of hydrogen-bond acceptors (Lipinski definition) is 4. The minimum atomic E-state index is -1.74. The molecule has 0 spiro atoms. The average Bonchev–Trinajstić information content (AvgIpc) is 2.90. The molecule has 3 N–H and O–H groups in total. The lowest BCUT2D eigenvalue weighted by atomic mass is 9.81. The molecule has 0 aliphatic carbocycles. The Balaban J connectivity index is 1.89. The number of amidine groups is 1. The van der Waals surface area contributed by atoms with Crippen LogP contribution in [0.2, 0.25) is 10.0 Å². The standard InChI is InChI=1S/C29H26Cl2N4O2/c1-3-34(2)28(33-32)29(37,20-9-11-22(30)12-10-20)21-14-19-7-5-13-35-26(36)17-24(25(16-21)27(19)35)18-6-4-8-23(31)15-18/h3-4,6,8-12,14-17,37H,1,5,7,13,32H2,2H3/b33-28-. The van der Waals surface area contributed by atoms with E-state index in [1.807, 2.05) is 30.3 Å². The summed E-state index contributed by atoms with van der Waals surface area (Å²) in [6.45, 7) is 4.46. The molecular weight excluding hydrogens is 507 g/mol. The summed E-state index contributed by atoms with van der Waals surface area (Å²) in [5.74, 6) is 6.05. The summed E-state index contributed by atoms with van der Waals surface area (Å²) in [5, 5.41) is 18.4. The molecule has 4 aromatic rings. The summed E-state index contributed by atoms with van der Waals surface area (Å²) in [5.41, 5.74) is 2.67. The molecule has 0 bridgehead atoms. The second kappa shape index (κ2) is 9.71. The van der Waals surface area contributed by atoms with Gasteiger partial charge in [0.15, 0.2) is 11.4 Å². The lowest BCUT2D eigenvalue weighted by Gasteiger charge is -2.35. The van der Waals surface area contributed by atoms with Crippen LogP contribution in [0.25, 0.3) is 22.0 Å². The van der Waals surface area contributed by atoms with Crippen molar-refractivity contribution >= 4 is 39.9 Å². The zero-order valence-corrected chi connectivity index (χ0v) is 21.8. The molecule has 3 aromatic carbocycles. The highest BCUT2D eigenvalue weighted by Gasteiger charge is 2.40. The third-order valence-electron chi connectivity index (χ3n) is 6.98. The summed E-state index contributed by atoms with van der Waals surface area (Å²) in [7, 11) is 1.72. The molecule has 5 rings (SSSR count). The molecule has 2 heterocycles. The highest BCUT2D eigenvalue weighted by Crippen LogP contribution is 2.40. The van der Waals surface area contributed by atoms with Crippen molar-refractivity contribution in [1.29, 1.82) is 0 Å². The number of likely N-dealkylation sites (N-methyl/N-ethyl adjacent to an activating group) is 1. The normalized spacial score (nSPS) is 14.9. The van der Waals surface area contributed by atoms with Crippen LogP contribution >= 0.6 is 23.2 Å². The predicted molar refractivity (Wildman–Crippen MR) is 151 cm³/mol. The molecular formula is C29H26Cl2N4O2. The molecule has 1 aromatic heterocycles. The molecule has 0 radical (unpaired) electrons. The summed E-state index contributed by atoms with van der Waals surface area (Å²) in [6, 6.07) is 19.8. The maximum atomic E-state index is 13.2. The Morgan fingerprint density at radius 2 is 1.86 bits per heavy atom. The van der Waals surface area contributed by atoms with Crippen molar-refractivity contribution in [3.8, 4) is 11.1 Å². The van der Waals surface area contributed by atoms with Gasteiger partial charge in [-0.2, -0.15) is 5.10 Å². The van der Waals surface area contributed by atoms with Gasteiger partial charge in [0.1, 0.15) is 0 Å². The smallest absolute Gasteiger partial charge is 0.251 e. The first-order valence-electron chi connectivity index (χ1n) is 11.9. The van der Waals surface area contributed by atoms with E-state index in [4.69, 9.17) is 29.0 Å². The van der Waals surface area contributed by atoms with E-state index in [0.717, 1.165) is 40.4 Å². The zero-order valence-electron chi connectivity index (χ0n) is 20.3. The Bertz CT molecular complexity index is 1610. The molecule has 0 amide bonds. The molecule has 1 unspecified atom stereocenters. The largest absolute Gasteiger partial charge is 0.373 e. The molecule has 0 saturated carbocycles. The van der Waals surface area contributed by atoms with Gasteiger partial charge in [0.2, 0.25) is 0 Å². The Kier molecular flexibility index (Phi) is 6.58. The van der Waals surface area contributed by atoms with Crippen molar-refractivity contribution in [3.63, 3.8) is 0 Å². The molecule has 6 nitrogen and oxygen atoms in total. The van der Waals surface area contributed by atoms with Crippen molar-refractivity contribution in [3.05, 3.63) is 117 Å². The fourth-order valence-electron chi connectivity index (χ4n) is 5.19. The molecule has 0 saturated heterocycles. The number of rotatable bonds is 5. The van der Waals surface area contributed by atoms with Gasteiger partial charge in [0.25, 0.3) is 5.56 Å². The Morgan fingerprint density at radius 3 is 2.54 bits per heavy atom. The number of aryl methyl sites for hydroxylation is 2. The number of pyridine rings is 1. The topological polar surface area (TPSA) is 83.8 Å². The van der Waals surface area contributed by atoms with Crippen molar-refractivity contribution in [2.24, 2.45) is 10.9 Å². The van der Waals surface area contributed by atoms with Gasteiger partial charge in [-0.15, -0.1) is 0 Å². The van der Waals surface area contributed by atoms with Gasteiger partial charge in [0.05, 0.1) is 5.52 Å². The summed E-state index contributed by atoms with van der Waals surface area (Å²) in [4.78, 5) is 14.7. The van der Waals surface area contributed by atoms with Crippen LogP contribution in [0.4, 0.5) is 0 Å². The Labute approximate surface area is 224 Å². The first-order valence-corrected chi connectivity index (χ1v) is 12.6. The molecule has 0 fully saturated rings. The number of nitrogens with zero attached hydrogens (tertiary/aromatic N) is 3. The fourth-order valence-corrected chi connectivity index (χ4v) is 5.51. The van der Waals surface area contributed by atoms with Gasteiger partial charge in [-0.1, -0.05) is 54.0 Å². The van der Waals surface area contributed by atoms with E-state index in [9.17, 15) is 9.90 Å². The summed E-state index contributed by atoms with van der Waals surface area (Å²) >= 11 is 12.5. The number of nitrogens with two attached hydrogens (primary N) is 1. The zero-order chi connectivity index (χ0) is 26.3. The number of hydrazone groups is 1. The monoisotopic (exact) mass is 532 g/mol. The highest BCUT2D eigenvalue weighted by atomic mass is 35.5. The minimum absolute atomic E-state index is 0.0697. The average molecular weight is 533 g/mol. The molecule has 1 aliphatic rings. The van der Waals surface area contributed by atoms with E-state index in [-0.39, 0.29) is 11.4 Å². The van der Waals surface area contributed by atoms with E-state index >= 15 is 0 Å². The predicted octanol–water partition coefficient (Wildman–Crippen LogP) is 5.50. The first-order chi connectivity index (χ1) is 17.8. The number of halogens is 2. The van der Waals surface area contributed by atoms with Crippen LogP contribution in [0.3, 0.4) is 0 Å². The molecule has 1 atom stereocenters. The van der Waals surface area contributed by atoms with Crippen LogP contribution in [0.1, 0.15) is 23.1 Å². The van der Waals surface area contributed by atoms with Gasteiger partial charge in [-0.05, 0) is 83.3 Å². The van der Waals surface area contributed by atoms with E-state index in [0.29, 0.717) is 27.7 Å². The Morgan fingerprint density at radius 1 is 1.11 bits per heavy atom. The number of hydrogen-bond donors (Lipinski definition) is 2. The molecule has 188 valence electrons.